The Morgan fingerprint density at radius 2 is 1.93 bits per heavy atom. The Morgan fingerprint density at radius 3 is 2.57 bits per heavy atom. The van der Waals surface area contributed by atoms with Crippen molar-refractivity contribution in [3.05, 3.63) is 76.3 Å². The van der Waals surface area contributed by atoms with E-state index in [-0.39, 0.29) is 12.4 Å². The van der Waals surface area contributed by atoms with Crippen LogP contribution in [0.5, 0.6) is 0 Å². The van der Waals surface area contributed by atoms with Crippen molar-refractivity contribution >= 4 is 22.6 Å². The van der Waals surface area contributed by atoms with E-state index in [4.69, 9.17) is 5.73 Å². The summed E-state index contributed by atoms with van der Waals surface area (Å²) in [5.74, 6) is 0.0594. The first kappa shape index (κ1) is 18.0. The van der Waals surface area contributed by atoms with E-state index in [0.717, 1.165) is 40.9 Å². The molecular formula is C21H20FN5O. The predicted octanol–water partition coefficient (Wildman–Crippen LogP) is 4.05. The van der Waals surface area contributed by atoms with Crippen LogP contribution in [0.25, 0.3) is 16.9 Å². The van der Waals surface area contributed by atoms with Gasteiger partial charge in [0, 0.05) is 41.7 Å². The summed E-state index contributed by atoms with van der Waals surface area (Å²) in [6, 6.07) is 9.95. The summed E-state index contributed by atoms with van der Waals surface area (Å²) >= 11 is 0. The van der Waals surface area contributed by atoms with Crippen LogP contribution in [0, 0.1) is 16.6 Å². The molecule has 2 N–H and O–H groups in total. The van der Waals surface area contributed by atoms with Gasteiger partial charge in [0.25, 0.3) is 0 Å². The van der Waals surface area contributed by atoms with E-state index >= 15 is 0 Å². The third kappa shape index (κ3) is 3.31. The fraction of sp³-hybridized carbons (Fsp3) is 0.238. The van der Waals surface area contributed by atoms with Crippen LogP contribution >= 0.6 is 0 Å². The molecule has 0 amide bonds. The van der Waals surface area contributed by atoms with Crippen molar-refractivity contribution in [3.63, 3.8) is 0 Å². The van der Waals surface area contributed by atoms with Crippen LogP contribution in [0.1, 0.15) is 29.7 Å². The smallest absolute Gasteiger partial charge is 0.136 e. The Labute approximate surface area is 161 Å². The van der Waals surface area contributed by atoms with Gasteiger partial charge in [-0.15, -0.1) is 0 Å². The number of imidazole rings is 1. The number of nitroso groups, excluding NO2 is 1. The normalized spacial score (nSPS) is 15.6. The molecule has 142 valence electrons. The van der Waals surface area contributed by atoms with Gasteiger partial charge < -0.3 is 10.1 Å². The number of aliphatic imine (C=N–C) groups is 1. The van der Waals surface area contributed by atoms with E-state index in [0.29, 0.717) is 17.3 Å². The molecule has 0 bridgehead atoms. The Hall–Kier alpha value is -3.35. The molecule has 2 aromatic heterocycles. The maximum Gasteiger partial charge on any atom is 0.136 e. The molecule has 3 aromatic rings. The van der Waals surface area contributed by atoms with E-state index in [2.05, 4.69) is 15.2 Å². The number of benzene rings is 1. The fourth-order valence-electron chi connectivity index (χ4n) is 3.43. The summed E-state index contributed by atoms with van der Waals surface area (Å²) in [5.41, 5.74) is 11.9. The van der Waals surface area contributed by atoms with Crippen molar-refractivity contribution in [2.45, 2.75) is 19.4 Å². The van der Waals surface area contributed by atoms with Gasteiger partial charge in [-0.1, -0.05) is 5.18 Å². The third-order valence-electron chi connectivity index (χ3n) is 4.98. The topological polar surface area (TPSA) is 85.1 Å². The Bertz CT molecular complexity index is 1090. The molecule has 0 unspecified atom stereocenters. The van der Waals surface area contributed by atoms with Crippen LogP contribution in [0.15, 0.2) is 59.0 Å². The molecule has 1 aromatic carbocycles. The molecule has 1 fully saturated rings. The molecule has 6 nitrogen and oxygen atoms in total. The average molecular weight is 377 g/mol. The Balaban J connectivity index is 1.91. The van der Waals surface area contributed by atoms with Crippen molar-refractivity contribution in [2.24, 2.45) is 21.8 Å². The summed E-state index contributed by atoms with van der Waals surface area (Å²) in [6.07, 6.45) is 5.69. The third-order valence-corrected chi connectivity index (χ3v) is 4.98. The molecule has 0 radical (unpaired) electrons. The zero-order valence-corrected chi connectivity index (χ0v) is 15.5. The summed E-state index contributed by atoms with van der Waals surface area (Å²) in [7, 11) is 1.77. The van der Waals surface area contributed by atoms with Gasteiger partial charge in [-0.2, -0.15) is 4.91 Å². The lowest BCUT2D eigenvalue weighted by molar-refractivity contribution is 0.627. The lowest BCUT2D eigenvalue weighted by atomic mass is 9.94. The summed E-state index contributed by atoms with van der Waals surface area (Å²) < 4.78 is 15.2. The van der Waals surface area contributed by atoms with Gasteiger partial charge in [0.2, 0.25) is 0 Å². The van der Waals surface area contributed by atoms with Crippen LogP contribution in [-0.2, 0) is 6.54 Å². The molecule has 7 heteroatoms. The number of allylic oxidation sites excluding steroid dienone is 1. The van der Waals surface area contributed by atoms with Gasteiger partial charge >= 0.3 is 0 Å². The Kier molecular flexibility index (Phi) is 4.73. The maximum absolute atomic E-state index is 13.4. The molecule has 1 saturated carbocycles. The number of halogens is 1. The van der Waals surface area contributed by atoms with E-state index < -0.39 is 0 Å². The van der Waals surface area contributed by atoms with Crippen LogP contribution in [0.2, 0.25) is 0 Å². The zero-order valence-electron chi connectivity index (χ0n) is 15.5. The van der Waals surface area contributed by atoms with Gasteiger partial charge in [-0.05, 0) is 54.8 Å². The molecule has 0 spiro atoms. The highest BCUT2D eigenvalue weighted by molar-refractivity contribution is 6.31. The minimum Gasteiger partial charge on any atom is -0.398 e. The number of hydrogen-bond acceptors (Lipinski definition) is 5. The quantitative estimate of drug-likeness (QED) is 0.519. The number of fused-ring (bicyclic) bond motifs is 1. The minimum absolute atomic E-state index is 0.0362. The average Bonchev–Trinajstić information content (AvgIpc) is 3.47. The minimum atomic E-state index is -0.310. The summed E-state index contributed by atoms with van der Waals surface area (Å²) in [6.45, 7) is 0.0362. The molecule has 2 heterocycles. The number of aromatic nitrogens is 2. The lowest BCUT2D eigenvalue weighted by Crippen LogP contribution is -2.12. The highest BCUT2D eigenvalue weighted by Crippen LogP contribution is 2.38. The summed E-state index contributed by atoms with van der Waals surface area (Å²) in [5, 5.41) is 2.98. The SMILES string of the molecule is CN=C(C(=C(N)c1ccc(F)cc1)c1ccc2ncc(CN=O)n2c1)C1CC1. The molecule has 4 rings (SSSR count). The standard InChI is InChI=1S/C21H20FN5O/c1-24-21(14-2-3-14)19(20(23)13-4-7-16(22)8-5-13)15-6-9-18-25-10-17(11-26-28)27(18)12-15/h4-10,12,14H,2-3,11,23H2,1H3. The van der Waals surface area contributed by atoms with Crippen molar-refractivity contribution in [1.29, 1.82) is 0 Å². The van der Waals surface area contributed by atoms with Crippen molar-refractivity contribution < 1.29 is 4.39 Å². The largest absolute Gasteiger partial charge is 0.398 e. The highest BCUT2D eigenvalue weighted by Gasteiger charge is 2.31. The summed E-state index contributed by atoms with van der Waals surface area (Å²) in [4.78, 5) is 19.6. The number of rotatable bonds is 6. The first-order valence-electron chi connectivity index (χ1n) is 9.10. The zero-order chi connectivity index (χ0) is 19.7. The van der Waals surface area contributed by atoms with Gasteiger partial charge in [-0.3, -0.25) is 4.99 Å². The molecule has 1 aliphatic carbocycles. The maximum atomic E-state index is 13.4. The number of hydrogen-bond donors (Lipinski definition) is 1. The van der Waals surface area contributed by atoms with Crippen molar-refractivity contribution in [1.82, 2.24) is 9.38 Å². The van der Waals surface area contributed by atoms with Crippen molar-refractivity contribution in [3.8, 4) is 0 Å². The lowest BCUT2D eigenvalue weighted by Gasteiger charge is -2.16. The Morgan fingerprint density at radius 1 is 1.21 bits per heavy atom. The van der Waals surface area contributed by atoms with Gasteiger partial charge in [0.05, 0.1) is 11.9 Å². The first-order chi connectivity index (χ1) is 13.6. The van der Waals surface area contributed by atoms with Crippen LogP contribution < -0.4 is 5.73 Å². The van der Waals surface area contributed by atoms with Crippen molar-refractivity contribution in [2.75, 3.05) is 7.05 Å². The second-order valence-electron chi connectivity index (χ2n) is 6.86. The first-order valence-corrected chi connectivity index (χ1v) is 9.10. The van der Waals surface area contributed by atoms with Gasteiger partial charge in [0.15, 0.2) is 0 Å². The van der Waals surface area contributed by atoms with Crippen LogP contribution in [0.3, 0.4) is 0 Å². The predicted molar refractivity (Wildman–Crippen MR) is 108 cm³/mol. The highest BCUT2D eigenvalue weighted by atomic mass is 19.1. The van der Waals surface area contributed by atoms with E-state index in [1.54, 1.807) is 25.4 Å². The molecule has 28 heavy (non-hydrogen) atoms. The van der Waals surface area contributed by atoms with E-state index in [1.165, 1.54) is 12.1 Å². The number of nitrogens with two attached hydrogens (primary N) is 1. The second kappa shape index (κ2) is 7.34. The number of nitrogens with zero attached hydrogens (tertiary/aromatic N) is 4. The van der Waals surface area contributed by atoms with Gasteiger partial charge in [-0.25, -0.2) is 9.37 Å². The molecule has 0 aliphatic heterocycles. The molecule has 0 atom stereocenters. The van der Waals surface area contributed by atoms with Crippen LogP contribution in [0.4, 0.5) is 4.39 Å². The molecule has 0 saturated heterocycles. The van der Waals surface area contributed by atoms with Gasteiger partial charge in [0.1, 0.15) is 18.0 Å². The molecule has 1 aliphatic rings. The fourth-order valence-corrected chi connectivity index (χ4v) is 3.43. The van der Waals surface area contributed by atoms with E-state index in [1.807, 2.05) is 22.7 Å². The van der Waals surface area contributed by atoms with E-state index in [9.17, 15) is 9.30 Å². The van der Waals surface area contributed by atoms with Crippen LogP contribution in [-0.4, -0.2) is 22.1 Å². The monoisotopic (exact) mass is 377 g/mol. The number of pyridine rings is 1. The second-order valence-corrected chi connectivity index (χ2v) is 6.86. The molecular weight excluding hydrogens is 357 g/mol.